The van der Waals surface area contributed by atoms with Crippen molar-refractivity contribution in [1.29, 1.82) is 0 Å². The zero-order valence-electron chi connectivity index (χ0n) is 13.7. The van der Waals surface area contributed by atoms with Crippen molar-refractivity contribution in [3.05, 3.63) is 84.4 Å². The number of benzene rings is 3. The van der Waals surface area contributed by atoms with E-state index in [2.05, 4.69) is 0 Å². The Morgan fingerprint density at radius 1 is 0.808 bits per heavy atom. The lowest BCUT2D eigenvalue weighted by Crippen LogP contribution is -2.29. The standard InChI is InChI=1S/C20H15NO3S2/c22-20-19-17(15-8-3-1-4-9-15)12-7-13-18(19)26(23,24)21(20)14-25-16-10-5-2-6-11-16/h1-13H,14H2. The maximum Gasteiger partial charge on any atom is 0.270 e. The lowest BCUT2D eigenvalue weighted by molar-refractivity contribution is 0.0887. The van der Waals surface area contributed by atoms with Crippen LogP contribution in [0.25, 0.3) is 11.1 Å². The average Bonchev–Trinajstić information content (AvgIpc) is 2.87. The zero-order chi connectivity index (χ0) is 18.1. The number of rotatable bonds is 4. The van der Waals surface area contributed by atoms with Crippen molar-refractivity contribution >= 4 is 27.7 Å². The highest BCUT2D eigenvalue weighted by atomic mass is 32.2. The number of nitrogens with zero attached hydrogens (tertiary/aromatic N) is 1. The molecule has 0 spiro atoms. The molecule has 0 aliphatic carbocycles. The summed E-state index contributed by atoms with van der Waals surface area (Å²) in [6.45, 7) is 0. The highest BCUT2D eigenvalue weighted by molar-refractivity contribution is 8.00. The first-order chi connectivity index (χ1) is 12.6. The summed E-state index contributed by atoms with van der Waals surface area (Å²) in [7, 11) is -3.83. The maximum atomic E-state index is 13.0. The molecule has 26 heavy (non-hydrogen) atoms. The molecule has 0 aromatic heterocycles. The fraction of sp³-hybridized carbons (Fsp3) is 0.0500. The quantitative estimate of drug-likeness (QED) is 0.634. The number of fused-ring (bicyclic) bond motifs is 1. The minimum absolute atomic E-state index is 0.0497. The molecule has 0 saturated heterocycles. The summed E-state index contributed by atoms with van der Waals surface area (Å²) in [4.78, 5) is 14.0. The molecular formula is C20H15NO3S2. The largest absolute Gasteiger partial charge is 0.270 e. The van der Waals surface area contributed by atoms with Gasteiger partial charge in [-0.1, -0.05) is 60.7 Å². The van der Waals surface area contributed by atoms with Crippen LogP contribution in [0.5, 0.6) is 0 Å². The van der Waals surface area contributed by atoms with Crippen molar-refractivity contribution in [3.8, 4) is 11.1 Å². The van der Waals surface area contributed by atoms with Crippen LogP contribution in [0.2, 0.25) is 0 Å². The fourth-order valence-corrected chi connectivity index (χ4v) is 5.65. The number of carbonyl (C=O) groups is 1. The van der Waals surface area contributed by atoms with Gasteiger partial charge in [-0.3, -0.25) is 4.79 Å². The molecule has 3 aromatic carbocycles. The number of sulfonamides is 1. The van der Waals surface area contributed by atoms with Crippen molar-refractivity contribution in [2.45, 2.75) is 9.79 Å². The lowest BCUT2D eigenvalue weighted by Gasteiger charge is -2.14. The summed E-state index contributed by atoms with van der Waals surface area (Å²) in [6, 6.07) is 23.8. The molecule has 1 aliphatic rings. The Bertz CT molecular complexity index is 1060. The molecule has 0 bridgehead atoms. The van der Waals surface area contributed by atoms with Crippen LogP contribution in [0.1, 0.15) is 10.4 Å². The minimum atomic E-state index is -3.83. The molecule has 0 unspecified atom stereocenters. The monoisotopic (exact) mass is 381 g/mol. The molecule has 0 fully saturated rings. The Kier molecular flexibility index (Phi) is 4.30. The van der Waals surface area contributed by atoms with Crippen LogP contribution in [0.15, 0.2) is 88.7 Å². The van der Waals surface area contributed by atoms with Crippen LogP contribution in [-0.4, -0.2) is 24.5 Å². The molecule has 4 nitrogen and oxygen atoms in total. The summed E-state index contributed by atoms with van der Waals surface area (Å²) in [5.74, 6) is -0.420. The van der Waals surface area contributed by atoms with E-state index in [9.17, 15) is 13.2 Å². The van der Waals surface area contributed by atoms with Crippen molar-refractivity contribution < 1.29 is 13.2 Å². The van der Waals surface area contributed by atoms with Gasteiger partial charge in [-0.05, 0) is 29.3 Å². The van der Waals surface area contributed by atoms with E-state index in [1.807, 2.05) is 60.7 Å². The van der Waals surface area contributed by atoms with Gasteiger partial charge in [0.2, 0.25) is 0 Å². The highest BCUT2D eigenvalue weighted by Gasteiger charge is 2.42. The SMILES string of the molecule is O=C1c2c(-c3ccccc3)cccc2S(=O)(=O)N1CSc1ccccc1. The third-order valence-electron chi connectivity index (χ3n) is 4.21. The van der Waals surface area contributed by atoms with E-state index in [1.54, 1.807) is 12.1 Å². The normalized spacial score (nSPS) is 15.1. The maximum absolute atomic E-state index is 13.0. The van der Waals surface area contributed by atoms with E-state index in [-0.39, 0.29) is 16.3 Å². The molecule has 0 radical (unpaired) electrons. The fourth-order valence-electron chi connectivity index (χ4n) is 2.96. The van der Waals surface area contributed by atoms with Crippen LogP contribution in [0.3, 0.4) is 0 Å². The summed E-state index contributed by atoms with van der Waals surface area (Å²) >= 11 is 1.32. The molecule has 6 heteroatoms. The first-order valence-electron chi connectivity index (χ1n) is 8.02. The van der Waals surface area contributed by atoms with Gasteiger partial charge in [0.05, 0.1) is 11.4 Å². The molecule has 0 saturated carbocycles. The van der Waals surface area contributed by atoms with Gasteiger partial charge in [0.25, 0.3) is 15.9 Å². The van der Waals surface area contributed by atoms with Gasteiger partial charge in [-0.2, -0.15) is 0 Å². The molecule has 0 atom stereocenters. The Hall–Kier alpha value is -2.57. The van der Waals surface area contributed by atoms with E-state index >= 15 is 0 Å². The molecule has 1 aliphatic heterocycles. The smallest absolute Gasteiger partial charge is 0.268 e. The lowest BCUT2D eigenvalue weighted by atomic mass is 9.99. The Labute approximate surface area is 156 Å². The minimum Gasteiger partial charge on any atom is -0.268 e. The number of hydrogen-bond acceptors (Lipinski definition) is 4. The number of thioether (sulfide) groups is 1. The van der Waals surface area contributed by atoms with Gasteiger partial charge in [-0.15, -0.1) is 11.8 Å². The second-order valence-corrected chi connectivity index (χ2v) is 8.64. The second kappa shape index (κ2) is 6.63. The summed E-state index contributed by atoms with van der Waals surface area (Å²) < 4.78 is 26.7. The van der Waals surface area contributed by atoms with Crippen LogP contribution in [0, 0.1) is 0 Å². The van der Waals surface area contributed by atoms with E-state index in [4.69, 9.17) is 0 Å². The van der Waals surface area contributed by atoms with E-state index in [0.29, 0.717) is 5.56 Å². The van der Waals surface area contributed by atoms with Gasteiger partial charge < -0.3 is 0 Å². The van der Waals surface area contributed by atoms with Crippen LogP contribution in [-0.2, 0) is 10.0 Å². The van der Waals surface area contributed by atoms with Crippen molar-refractivity contribution in [1.82, 2.24) is 4.31 Å². The first-order valence-corrected chi connectivity index (χ1v) is 10.4. The summed E-state index contributed by atoms with van der Waals surface area (Å²) in [5.41, 5.74) is 1.72. The highest BCUT2D eigenvalue weighted by Crippen LogP contribution is 2.38. The Balaban J connectivity index is 1.73. The van der Waals surface area contributed by atoms with Gasteiger partial charge >= 0.3 is 0 Å². The molecule has 0 N–H and O–H groups in total. The van der Waals surface area contributed by atoms with Crippen molar-refractivity contribution in [2.24, 2.45) is 0 Å². The second-order valence-electron chi connectivity index (χ2n) is 5.79. The third kappa shape index (κ3) is 2.81. The Morgan fingerprint density at radius 2 is 1.46 bits per heavy atom. The first kappa shape index (κ1) is 16.9. The molecule has 1 heterocycles. The van der Waals surface area contributed by atoms with Crippen LogP contribution in [0.4, 0.5) is 0 Å². The zero-order valence-corrected chi connectivity index (χ0v) is 15.3. The van der Waals surface area contributed by atoms with Crippen molar-refractivity contribution in [3.63, 3.8) is 0 Å². The van der Waals surface area contributed by atoms with Gasteiger partial charge in [0.15, 0.2) is 0 Å². The molecule has 130 valence electrons. The van der Waals surface area contributed by atoms with Crippen LogP contribution >= 0.6 is 11.8 Å². The van der Waals surface area contributed by atoms with E-state index in [0.717, 1.165) is 14.8 Å². The molecule has 1 amide bonds. The third-order valence-corrected chi connectivity index (χ3v) is 7.14. The number of amides is 1. The van der Waals surface area contributed by atoms with Gasteiger partial charge in [0.1, 0.15) is 4.90 Å². The van der Waals surface area contributed by atoms with Gasteiger partial charge in [-0.25, -0.2) is 12.7 Å². The predicted octanol–water partition coefficient (Wildman–Crippen LogP) is 4.25. The molecular weight excluding hydrogens is 366 g/mol. The number of carbonyl (C=O) groups excluding carboxylic acids is 1. The average molecular weight is 381 g/mol. The van der Waals surface area contributed by atoms with E-state index < -0.39 is 15.9 Å². The number of hydrogen-bond donors (Lipinski definition) is 0. The molecule has 3 aromatic rings. The van der Waals surface area contributed by atoms with Gasteiger partial charge in [0, 0.05) is 4.90 Å². The summed E-state index contributed by atoms with van der Waals surface area (Å²) in [6.07, 6.45) is 0. The molecule has 4 rings (SSSR count). The topological polar surface area (TPSA) is 54.5 Å². The van der Waals surface area contributed by atoms with Crippen molar-refractivity contribution in [2.75, 3.05) is 5.88 Å². The summed E-state index contributed by atoms with van der Waals surface area (Å²) in [5, 5.41) is 0. The van der Waals surface area contributed by atoms with E-state index in [1.165, 1.54) is 17.8 Å². The van der Waals surface area contributed by atoms with Crippen LogP contribution < -0.4 is 0 Å². The Morgan fingerprint density at radius 3 is 2.15 bits per heavy atom. The predicted molar refractivity (Wildman–Crippen MR) is 102 cm³/mol.